The second-order valence-electron chi connectivity index (χ2n) is 8.04. The Morgan fingerprint density at radius 1 is 0.786 bits per heavy atom. The van der Waals surface area contributed by atoms with Gasteiger partial charge < -0.3 is 9.52 Å². The molecule has 140 valence electrons. The van der Waals surface area contributed by atoms with Gasteiger partial charge in [0.25, 0.3) is 0 Å². The van der Waals surface area contributed by atoms with Gasteiger partial charge in [-0.05, 0) is 34.2 Å². The van der Waals surface area contributed by atoms with E-state index < -0.39 is 0 Å². The van der Waals surface area contributed by atoms with Gasteiger partial charge in [-0.25, -0.2) is 0 Å². The Labute approximate surface area is 163 Å². The lowest BCUT2D eigenvalue weighted by Crippen LogP contribution is -2.10. The molecule has 0 amide bonds. The van der Waals surface area contributed by atoms with E-state index >= 15 is 0 Å². The van der Waals surface area contributed by atoms with Gasteiger partial charge in [0.05, 0.1) is 0 Å². The molecule has 0 radical (unpaired) electrons. The summed E-state index contributed by atoms with van der Waals surface area (Å²) < 4.78 is 5.99. The topological polar surface area (TPSA) is 50.4 Å². The van der Waals surface area contributed by atoms with Crippen LogP contribution in [0.3, 0.4) is 0 Å². The van der Waals surface area contributed by atoms with E-state index in [0.717, 1.165) is 16.7 Å². The Morgan fingerprint density at radius 2 is 1.46 bits per heavy atom. The van der Waals surface area contributed by atoms with Crippen molar-refractivity contribution in [3.63, 3.8) is 0 Å². The van der Waals surface area contributed by atoms with Crippen LogP contribution in [0.5, 0.6) is 5.75 Å². The molecule has 1 N–H and O–H groups in total. The highest BCUT2D eigenvalue weighted by atomic mass is 16.3. The van der Waals surface area contributed by atoms with Crippen molar-refractivity contribution >= 4 is 11.0 Å². The predicted octanol–water partition coefficient (Wildman–Crippen LogP) is 6.13. The van der Waals surface area contributed by atoms with E-state index in [2.05, 4.69) is 32.9 Å². The van der Waals surface area contributed by atoms with Crippen molar-refractivity contribution in [3.8, 4) is 28.2 Å². The van der Waals surface area contributed by atoms with E-state index in [1.807, 2.05) is 48.5 Å². The molecule has 3 heteroatoms. The molecule has 4 rings (SSSR count). The molecule has 0 aliphatic heterocycles. The van der Waals surface area contributed by atoms with Gasteiger partial charge in [0.1, 0.15) is 22.5 Å². The van der Waals surface area contributed by atoms with Gasteiger partial charge >= 0.3 is 0 Å². The van der Waals surface area contributed by atoms with Crippen LogP contribution >= 0.6 is 0 Å². The molecule has 3 nitrogen and oxygen atoms in total. The third-order valence-electron chi connectivity index (χ3n) is 4.95. The van der Waals surface area contributed by atoms with Gasteiger partial charge in [0.2, 0.25) is 0 Å². The van der Waals surface area contributed by atoms with Crippen LogP contribution in [-0.4, -0.2) is 5.11 Å². The summed E-state index contributed by atoms with van der Waals surface area (Å²) in [4.78, 5) is 12.6. The summed E-state index contributed by atoms with van der Waals surface area (Å²) >= 11 is 0. The highest BCUT2D eigenvalue weighted by Gasteiger charge is 2.15. The van der Waals surface area contributed by atoms with Crippen LogP contribution in [0.2, 0.25) is 0 Å². The first kappa shape index (κ1) is 18.1. The largest absolute Gasteiger partial charge is 0.507 e. The summed E-state index contributed by atoms with van der Waals surface area (Å²) in [5.74, 6) is 0.415. The van der Waals surface area contributed by atoms with Gasteiger partial charge in [-0.2, -0.15) is 0 Å². The molecule has 0 spiro atoms. The quantitative estimate of drug-likeness (QED) is 0.462. The normalized spacial score (nSPS) is 11.7. The number of hydrogen-bond donors (Lipinski definition) is 1. The first-order valence-corrected chi connectivity index (χ1v) is 9.30. The Balaban J connectivity index is 1.86. The minimum atomic E-state index is -0.257. The number of hydrogen-bond acceptors (Lipinski definition) is 3. The maximum atomic E-state index is 12.6. The molecule has 4 aromatic rings. The van der Waals surface area contributed by atoms with Crippen molar-refractivity contribution in [2.45, 2.75) is 26.2 Å². The molecule has 0 aliphatic rings. The average molecular weight is 370 g/mol. The molecule has 3 aromatic carbocycles. The van der Waals surface area contributed by atoms with Crippen molar-refractivity contribution in [2.24, 2.45) is 0 Å². The highest BCUT2D eigenvalue weighted by Crippen LogP contribution is 2.33. The summed E-state index contributed by atoms with van der Waals surface area (Å²) in [7, 11) is 0. The second-order valence-corrected chi connectivity index (χ2v) is 8.04. The van der Waals surface area contributed by atoms with Crippen LogP contribution in [0, 0.1) is 0 Å². The zero-order chi connectivity index (χ0) is 19.9. The molecular formula is C25H22O3. The number of benzene rings is 3. The zero-order valence-electron chi connectivity index (χ0n) is 16.2. The Kier molecular flexibility index (Phi) is 4.31. The van der Waals surface area contributed by atoms with Crippen molar-refractivity contribution < 1.29 is 9.52 Å². The van der Waals surface area contributed by atoms with E-state index in [9.17, 15) is 9.90 Å². The van der Waals surface area contributed by atoms with E-state index in [1.54, 1.807) is 6.07 Å². The van der Waals surface area contributed by atoms with Crippen LogP contribution in [0.25, 0.3) is 33.4 Å². The van der Waals surface area contributed by atoms with Crippen molar-refractivity contribution in [1.82, 2.24) is 0 Å². The summed E-state index contributed by atoms with van der Waals surface area (Å²) in [5.41, 5.74) is 4.01. The first-order valence-electron chi connectivity index (χ1n) is 9.30. The maximum absolute atomic E-state index is 12.6. The third-order valence-corrected chi connectivity index (χ3v) is 4.95. The van der Waals surface area contributed by atoms with Gasteiger partial charge in [-0.3, -0.25) is 4.79 Å². The summed E-state index contributed by atoms with van der Waals surface area (Å²) in [6, 6.07) is 22.6. The number of rotatable bonds is 2. The lowest BCUT2D eigenvalue weighted by atomic mass is 9.86. The van der Waals surface area contributed by atoms with E-state index in [0.29, 0.717) is 11.3 Å². The van der Waals surface area contributed by atoms with Gasteiger partial charge in [-0.1, -0.05) is 75.4 Å². The molecule has 1 aromatic heterocycles. The fourth-order valence-electron chi connectivity index (χ4n) is 3.34. The first-order chi connectivity index (χ1) is 13.3. The molecule has 0 saturated carbocycles. The average Bonchev–Trinajstić information content (AvgIpc) is 2.67. The van der Waals surface area contributed by atoms with Crippen LogP contribution in [-0.2, 0) is 5.41 Å². The van der Waals surface area contributed by atoms with Gasteiger partial charge in [-0.15, -0.1) is 0 Å². The van der Waals surface area contributed by atoms with Crippen LogP contribution in [0.1, 0.15) is 26.3 Å². The molecule has 0 unspecified atom stereocenters. The molecule has 0 fully saturated rings. The Bertz CT molecular complexity index is 1190. The summed E-state index contributed by atoms with van der Waals surface area (Å²) in [6.45, 7) is 6.51. The molecule has 0 atom stereocenters. The van der Waals surface area contributed by atoms with Crippen molar-refractivity contribution in [2.75, 3.05) is 0 Å². The molecule has 28 heavy (non-hydrogen) atoms. The highest BCUT2D eigenvalue weighted by molar-refractivity contribution is 5.89. The SMILES string of the molecule is CC(C)(C)c1ccc(-c2cc(O)c3c(=O)cc(-c4ccccc4)oc3c2)cc1. The van der Waals surface area contributed by atoms with Crippen LogP contribution in [0.15, 0.2) is 82.0 Å². The minimum Gasteiger partial charge on any atom is -0.507 e. The monoisotopic (exact) mass is 370 g/mol. The lowest BCUT2D eigenvalue weighted by Gasteiger charge is -2.19. The van der Waals surface area contributed by atoms with Crippen molar-refractivity contribution in [3.05, 3.63) is 88.6 Å². The molecule has 0 saturated heterocycles. The number of phenolic OH excluding ortho intramolecular Hbond substituents is 1. The Morgan fingerprint density at radius 3 is 2.11 bits per heavy atom. The smallest absolute Gasteiger partial charge is 0.197 e. The third kappa shape index (κ3) is 3.31. The summed E-state index contributed by atoms with van der Waals surface area (Å²) in [5, 5.41) is 10.7. The second kappa shape index (κ2) is 6.68. The standard InChI is InChI=1S/C25H22O3/c1-25(2,3)19-11-9-16(10-12-19)18-13-20(26)24-21(27)15-22(28-23(24)14-18)17-7-5-4-6-8-17/h4-15,26H,1-3H3. The van der Waals surface area contributed by atoms with E-state index in [-0.39, 0.29) is 22.0 Å². The molecule has 0 aliphatic carbocycles. The fraction of sp³-hybridized carbons (Fsp3) is 0.160. The number of fused-ring (bicyclic) bond motifs is 1. The zero-order valence-corrected chi connectivity index (χ0v) is 16.2. The van der Waals surface area contributed by atoms with Crippen LogP contribution in [0.4, 0.5) is 0 Å². The van der Waals surface area contributed by atoms with Gasteiger partial charge in [0.15, 0.2) is 5.43 Å². The minimum absolute atomic E-state index is 0.0687. The fourth-order valence-corrected chi connectivity index (χ4v) is 3.34. The lowest BCUT2D eigenvalue weighted by molar-refractivity contribution is 0.480. The summed E-state index contributed by atoms with van der Waals surface area (Å²) in [6.07, 6.45) is 0. The Hall–Kier alpha value is -3.33. The molecule has 0 bridgehead atoms. The molecule has 1 heterocycles. The molecular weight excluding hydrogens is 348 g/mol. The van der Waals surface area contributed by atoms with E-state index in [4.69, 9.17) is 4.42 Å². The number of phenols is 1. The van der Waals surface area contributed by atoms with Crippen molar-refractivity contribution in [1.29, 1.82) is 0 Å². The predicted molar refractivity (Wildman–Crippen MR) is 114 cm³/mol. The maximum Gasteiger partial charge on any atom is 0.197 e. The number of aromatic hydroxyl groups is 1. The van der Waals surface area contributed by atoms with Gasteiger partial charge in [0, 0.05) is 11.6 Å². The van der Waals surface area contributed by atoms with E-state index in [1.165, 1.54) is 11.6 Å². The van der Waals surface area contributed by atoms with Crippen LogP contribution < -0.4 is 5.43 Å².